The first-order valence-electron chi connectivity index (χ1n) is 10.0. The largest absolute Gasteiger partial charge is 0.494 e. The minimum Gasteiger partial charge on any atom is -0.494 e. The van der Waals surface area contributed by atoms with E-state index in [0.29, 0.717) is 19.6 Å². The van der Waals surface area contributed by atoms with E-state index in [2.05, 4.69) is 27.7 Å². The summed E-state index contributed by atoms with van der Waals surface area (Å²) in [5.74, 6) is 0.927. The van der Waals surface area contributed by atoms with E-state index in [-0.39, 0.29) is 11.9 Å². The van der Waals surface area contributed by atoms with Gasteiger partial charge in [-0.1, -0.05) is 31.0 Å². The highest BCUT2D eigenvalue weighted by molar-refractivity contribution is 7.10. The summed E-state index contributed by atoms with van der Waals surface area (Å²) in [6.07, 6.45) is 5.54. The Hall–Kier alpha value is -1.85. The Morgan fingerprint density at radius 3 is 2.52 bits per heavy atom. The molecule has 1 aromatic carbocycles. The third-order valence-corrected chi connectivity index (χ3v) is 6.02. The summed E-state index contributed by atoms with van der Waals surface area (Å²) in [6, 6.07) is 12.4. The number of rotatable bonds is 8. The summed E-state index contributed by atoms with van der Waals surface area (Å²) < 4.78 is 5.46. The maximum atomic E-state index is 12.5. The molecule has 0 spiro atoms. The van der Waals surface area contributed by atoms with Crippen LogP contribution in [0.4, 0.5) is 0 Å². The molecule has 3 rings (SSSR count). The van der Waals surface area contributed by atoms with E-state index in [1.165, 1.54) is 30.6 Å². The van der Waals surface area contributed by atoms with Gasteiger partial charge in [0.2, 0.25) is 5.91 Å². The first-order chi connectivity index (χ1) is 13.3. The number of nitrogens with one attached hydrogen (secondary N) is 1. The number of carbonyl (C=O) groups is 1. The van der Waals surface area contributed by atoms with E-state index in [0.717, 1.165) is 24.4 Å². The molecular weight excluding hydrogens is 356 g/mol. The smallest absolute Gasteiger partial charge is 0.224 e. The van der Waals surface area contributed by atoms with E-state index in [1.807, 2.05) is 31.2 Å². The van der Waals surface area contributed by atoms with Crippen molar-refractivity contribution in [1.82, 2.24) is 10.2 Å². The molecular formula is C22H30N2O2S. The lowest BCUT2D eigenvalue weighted by molar-refractivity contribution is -0.120. The summed E-state index contributed by atoms with van der Waals surface area (Å²) >= 11 is 1.79. The molecule has 4 nitrogen and oxygen atoms in total. The molecule has 1 unspecified atom stereocenters. The number of nitrogens with zero attached hydrogens (tertiary/aromatic N) is 1. The van der Waals surface area contributed by atoms with Crippen LogP contribution in [-0.4, -0.2) is 37.0 Å². The van der Waals surface area contributed by atoms with Crippen LogP contribution in [0.1, 0.15) is 49.1 Å². The van der Waals surface area contributed by atoms with Gasteiger partial charge in [0.15, 0.2) is 0 Å². The molecule has 0 aliphatic carbocycles. The van der Waals surface area contributed by atoms with Crippen LogP contribution in [0, 0.1) is 0 Å². The van der Waals surface area contributed by atoms with Gasteiger partial charge in [0.1, 0.15) is 5.75 Å². The van der Waals surface area contributed by atoms with Crippen molar-refractivity contribution < 1.29 is 9.53 Å². The van der Waals surface area contributed by atoms with E-state index in [1.54, 1.807) is 11.3 Å². The Kier molecular flexibility index (Phi) is 7.72. The highest BCUT2D eigenvalue weighted by Gasteiger charge is 2.22. The predicted molar refractivity (Wildman–Crippen MR) is 111 cm³/mol. The highest BCUT2D eigenvalue weighted by Crippen LogP contribution is 2.27. The van der Waals surface area contributed by atoms with Gasteiger partial charge in [-0.2, -0.15) is 0 Å². The lowest BCUT2D eigenvalue weighted by atomic mass is 10.1. The maximum Gasteiger partial charge on any atom is 0.224 e. The number of hydrogen-bond acceptors (Lipinski definition) is 4. The number of benzene rings is 1. The molecule has 1 amide bonds. The van der Waals surface area contributed by atoms with Crippen LogP contribution >= 0.6 is 11.3 Å². The summed E-state index contributed by atoms with van der Waals surface area (Å²) in [6.45, 7) is 5.54. The van der Waals surface area contributed by atoms with Crippen LogP contribution in [0.25, 0.3) is 0 Å². The fourth-order valence-electron chi connectivity index (χ4n) is 3.63. The second kappa shape index (κ2) is 10.5. The van der Waals surface area contributed by atoms with Crippen LogP contribution in [0.3, 0.4) is 0 Å². The van der Waals surface area contributed by atoms with Crippen molar-refractivity contribution in [1.29, 1.82) is 0 Å². The third kappa shape index (κ3) is 6.08. The van der Waals surface area contributed by atoms with E-state index in [4.69, 9.17) is 4.74 Å². The van der Waals surface area contributed by atoms with Gasteiger partial charge in [-0.25, -0.2) is 0 Å². The molecule has 2 aromatic rings. The zero-order valence-corrected chi connectivity index (χ0v) is 17.0. The van der Waals surface area contributed by atoms with Gasteiger partial charge in [-0.3, -0.25) is 9.69 Å². The van der Waals surface area contributed by atoms with Crippen LogP contribution in [0.5, 0.6) is 5.75 Å². The average Bonchev–Trinajstić information content (AvgIpc) is 3.07. The molecule has 1 N–H and O–H groups in total. The number of likely N-dealkylation sites (tertiary alicyclic amines) is 1. The lowest BCUT2D eigenvalue weighted by Gasteiger charge is -2.30. The molecule has 0 radical (unpaired) electrons. The monoisotopic (exact) mass is 386 g/mol. The second-order valence-corrected chi connectivity index (χ2v) is 8.02. The molecule has 0 saturated carbocycles. The van der Waals surface area contributed by atoms with Crippen LogP contribution < -0.4 is 10.1 Å². The Morgan fingerprint density at radius 2 is 1.89 bits per heavy atom. The van der Waals surface area contributed by atoms with Gasteiger partial charge in [-0.15, -0.1) is 11.3 Å². The molecule has 0 bridgehead atoms. The predicted octanol–water partition coefficient (Wildman–Crippen LogP) is 4.42. The van der Waals surface area contributed by atoms with Gasteiger partial charge in [0.05, 0.1) is 19.1 Å². The molecule has 1 aliphatic heterocycles. The second-order valence-electron chi connectivity index (χ2n) is 7.04. The van der Waals surface area contributed by atoms with Gasteiger partial charge in [0.25, 0.3) is 0 Å². The molecule has 1 aromatic heterocycles. The maximum absolute atomic E-state index is 12.5. The Bertz CT molecular complexity index is 677. The van der Waals surface area contributed by atoms with Crippen molar-refractivity contribution in [3.05, 3.63) is 52.2 Å². The summed E-state index contributed by atoms with van der Waals surface area (Å²) in [7, 11) is 0. The quantitative estimate of drug-likeness (QED) is 0.730. The Balaban J connectivity index is 1.56. The molecule has 1 atom stereocenters. The minimum atomic E-state index is 0.0792. The number of carbonyl (C=O) groups excluding carboxylic acids is 1. The molecule has 146 valence electrons. The zero-order chi connectivity index (χ0) is 18.9. The molecule has 2 heterocycles. The highest BCUT2D eigenvalue weighted by atomic mass is 32.1. The fourth-order valence-corrected chi connectivity index (χ4v) is 4.49. The summed E-state index contributed by atoms with van der Waals surface area (Å²) in [5, 5.41) is 5.30. The van der Waals surface area contributed by atoms with E-state index >= 15 is 0 Å². The van der Waals surface area contributed by atoms with Crippen molar-refractivity contribution in [2.45, 2.75) is 45.1 Å². The first kappa shape index (κ1) is 19.9. The van der Waals surface area contributed by atoms with Gasteiger partial charge in [0, 0.05) is 11.4 Å². The average molecular weight is 387 g/mol. The first-order valence-corrected chi connectivity index (χ1v) is 10.9. The Labute approximate surface area is 166 Å². The fraction of sp³-hybridized carbons (Fsp3) is 0.500. The standard InChI is InChI=1S/C22H30N2O2S/c1-2-26-19-11-9-18(10-12-19)16-22(25)23-17-20(21-8-7-15-27-21)24-13-5-3-4-6-14-24/h7-12,15,20H,2-6,13-14,16-17H2,1H3,(H,23,25). The van der Waals surface area contributed by atoms with Gasteiger partial charge >= 0.3 is 0 Å². The van der Waals surface area contributed by atoms with Crippen LogP contribution in [0.2, 0.25) is 0 Å². The lowest BCUT2D eigenvalue weighted by Crippen LogP contribution is -2.38. The molecule has 1 fully saturated rings. The number of hydrogen-bond donors (Lipinski definition) is 1. The minimum absolute atomic E-state index is 0.0792. The summed E-state index contributed by atoms with van der Waals surface area (Å²) in [5.41, 5.74) is 1.01. The van der Waals surface area contributed by atoms with Crippen molar-refractivity contribution in [3.8, 4) is 5.75 Å². The Morgan fingerprint density at radius 1 is 1.15 bits per heavy atom. The van der Waals surface area contributed by atoms with Gasteiger partial charge in [-0.05, 0) is 62.0 Å². The van der Waals surface area contributed by atoms with E-state index in [9.17, 15) is 4.79 Å². The number of amides is 1. The zero-order valence-electron chi connectivity index (χ0n) is 16.2. The van der Waals surface area contributed by atoms with Crippen molar-refractivity contribution in [3.63, 3.8) is 0 Å². The topological polar surface area (TPSA) is 41.6 Å². The normalized spacial score (nSPS) is 16.5. The third-order valence-electron chi connectivity index (χ3n) is 5.04. The molecule has 1 aliphatic rings. The van der Waals surface area contributed by atoms with Crippen molar-refractivity contribution in [2.75, 3.05) is 26.2 Å². The molecule has 5 heteroatoms. The van der Waals surface area contributed by atoms with Crippen LogP contribution in [0.15, 0.2) is 41.8 Å². The molecule has 1 saturated heterocycles. The van der Waals surface area contributed by atoms with E-state index < -0.39 is 0 Å². The number of thiophene rings is 1. The SMILES string of the molecule is CCOc1ccc(CC(=O)NCC(c2cccs2)N2CCCCCC2)cc1. The molecule has 27 heavy (non-hydrogen) atoms. The van der Waals surface area contributed by atoms with Crippen molar-refractivity contribution >= 4 is 17.2 Å². The van der Waals surface area contributed by atoms with Gasteiger partial charge < -0.3 is 10.1 Å². The number of ether oxygens (including phenoxy) is 1. The summed E-state index contributed by atoms with van der Waals surface area (Å²) in [4.78, 5) is 16.4. The van der Waals surface area contributed by atoms with Crippen molar-refractivity contribution in [2.24, 2.45) is 0 Å². The van der Waals surface area contributed by atoms with Crippen LogP contribution in [-0.2, 0) is 11.2 Å².